The highest BCUT2D eigenvalue weighted by Crippen LogP contribution is 2.11. The molecular weight excluding hydrogens is 250 g/mol. The summed E-state index contributed by atoms with van der Waals surface area (Å²) in [7, 11) is -1.19. The lowest BCUT2D eigenvalue weighted by molar-refractivity contribution is 0.185. The van der Waals surface area contributed by atoms with Crippen LogP contribution in [0.15, 0.2) is 24.3 Å². The highest BCUT2D eigenvalue weighted by molar-refractivity contribution is 7.91. The summed E-state index contributed by atoms with van der Waals surface area (Å²) < 4.78 is 27.7. The molecule has 0 aliphatic rings. The first-order valence-electron chi connectivity index (χ1n) is 6.09. The summed E-state index contributed by atoms with van der Waals surface area (Å²) in [5.74, 6) is 0.463. The van der Waals surface area contributed by atoms with E-state index in [0.29, 0.717) is 19.6 Å². The summed E-state index contributed by atoms with van der Waals surface area (Å²) in [4.78, 5) is 0. The maximum Gasteiger partial charge on any atom is 0.150 e. The fourth-order valence-corrected chi connectivity index (χ4v) is 2.48. The van der Waals surface area contributed by atoms with E-state index in [1.54, 1.807) is 14.0 Å². The van der Waals surface area contributed by atoms with Gasteiger partial charge in [0, 0.05) is 25.1 Å². The molecule has 0 radical (unpaired) electrons. The van der Waals surface area contributed by atoms with Crippen molar-refractivity contribution in [2.24, 2.45) is 0 Å². The highest BCUT2D eigenvalue weighted by atomic mass is 32.2. The summed E-state index contributed by atoms with van der Waals surface area (Å²) in [6, 6.07) is 7.93. The monoisotopic (exact) mass is 271 g/mol. The van der Waals surface area contributed by atoms with E-state index in [0.717, 1.165) is 11.3 Å². The summed E-state index contributed by atoms with van der Waals surface area (Å²) >= 11 is 0. The number of sulfone groups is 1. The zero-order valence-electron chi connectivity index (χ0n) is 11.0. The zero-order chi connectivity index (χ0) is 13.4. The second-order valence-electron chi connectivity index (χ2n) is 4.15. The van der Waals surface area contributed by atoms with Crippen molar-refractivity contribution >= 4 is 15.5 Å². The minimum Gasteiger partial charge on any atom is -0.385 e. The summed E-state index contributed by atoms with van der Waals surface area (Å²) in [6.07, 6.45) is 0.630. The minimum atomic E-state index is -2.85. The number of hydrogen-bond donors (Lipinski definition) is 1. The third-order valence-corrected chi connectivity index (χ3v) is 4.43. The standard InChI is InChI=1S/C13H21NO3S/c1-3-18(15,16)9-5-8-14-13-7-4-6-12(10-13)11-17-2/h4,6-7,10,14H,3,5,8-9,11H2,1-2H3. The topological polar surface area (TPSA) is 55.4 Å². The number of ether oxygens (including phenoxy) is 1. The summed E-state index contributed by atoms with van der Waals surface area (Å²) in [5, 5.41) is 3.22. The highest BCUT2D eigenvalue weighted by Gasteiger charge is 2.06. The number of methoxy groups -OCH3 is 1. The Morgan fingerprint density at radius 1 is 1.33 bits per heavy atom. The Morgan fingerprint density at radius 3 is 2.78 bits per heavy atom. The third kappa shape index (κ3) is 5.51. The van der Waals surface area contributed by atoms with Crippen molar-refractivity contribution in [2.75, 3.05) is 30.5 Å². The van der Waals surface area contributed by atoms with E-state index in [-0.39, 0.29) is 11.5 Å². The molecule has 0 spiro atoms. The van der Waals surface area contributed by atoms with Crippen LogP contribution >= 0.6 is 0 Å². The van der Waals surface area contributed by atoms with E-state index in [2.05, 4.69) is 5.32 Å². The molecule has 0 saturated carbocycles. The molecule has 1 rings (SSSR count). The van der Waals surface area contributed by atoms with Crippen LogP contribution < -0.4 is 5.32 Å². The molecule has 0 unspecified atom stereocenters. The predicted octanol–water partition coefficient (Wildman–Crippen LogP) is 2.07. The van der Waals surface area contributed by atoms with E-state index in [4.69, 9.17) is 4.74 Å². The van der Waals surface area contributed by atoms with Crippen LogP contribution in [0.4, 0.5) is 5.69 Å². The molecule has 0 aliphatic carbocycles. The Hall–Kier alpha value is -1.07. The Labute approximate surface area is 109 Å². The fourth-order valence-electron chi connectivity index (χ4n) is 1.61. The van der Waals surface area contributed by atoms with Gasteiger partial charge in [0.2, 0.25) is 0 Å². The Kier molecular flexibility index (Phi) is 6.15. The molecule has 0 saturated heterocycles. The predicted molar refractivity (Wildman–Crippen MR) is 74.6 cm³/mol. The number of rotatable bonds is 8. The van der Waals surface area contributed by atoms with Gasteiger partial charge in [-0.25, -0.2) is 8.42 Å². The molecule has 5 heteroatoms. The smallest absolute Gasteiger partial charge is 0.150 e. The normalized spacial score (nSPS) is 11.4. The van der Waals surface area contributed by atoms with Crippen molar-refractivity contribution in [2.45, 2.75) is 20.0 Å². The van der Waals surface area contributed by atoms with Crippen LogP contribution in [-0.2, 0) is 21.2 Å². The van der Waals surface area contributed by atoms with Gasteiger partial charge >= 0.3 is 0 Å². The molecule has 1 aromatic rings. The Balaban J connectivity index is 2.37. The number of hydrogen-bond acceptors (Lipinski definition) is 4. The van der Waals surface area contributed by atoms with Crippen LogP contribution in [0.2, 0.25) is 0 Å². The van der Waals surface area contributed by atoms with Gasteiger partial charge in [-0.1, -0.05) is 19.1 Å². The largest absolute Gasteiger partial charge is 0.385 e. The summed E-state index contributed by atoms with van der Waals surface area (Å²) in [5.41, 5.74) is 2.10. The van der Waals surface area contributed by atoms with Gasteiger partial charge in [0.1, 0.15) is 9.84 Å². The van der Waals surface area contributed by atoms with Gasteiger partial charge in [-0.3, -0.25) is 0 Å². The average molecular weight is 271 g/mol. The van der Waals surface area contributed by atoms with E-state index >= 15 is 0 Å². The van der Waals surface area contributed by atoms with E-state index in [9.17, 15) is 8.42 Å². The molecule has 0 atom stereocenters. The molecule has 0 aromatic heterocycles. The molecule has 18 heavy (non-hydrogen) atoms. The van der Waals surface area contributed by atoms with Gasteiger partial charge < -0.3 is 10.1 Å². The van der Waals surface area contributed by atoms with Crippen LogP contribution in [0.25, 0.3) is 0 Å². The summed E-state index contributed by atoms with van der Waals surface area (Å²) in [6.45, 7) is 2.92. The first-order valence-corrected chi connectivity index (χ1v) is 7.91. The van der Waals surface area contributed by atoms with Crippen molar-refractivity contribution in [3.8, 4) is 0 Å². The molecular formula is C13H21NO3S. The Bertz CT molecular complexity index is 457. The van der Waals surface area contributed by atoms with Gasteiger partial charge in [-0.15, -0.1) is 0 Å². The second-order valence-corrected chi connectivity index (χ2v) is 6.62. The first-order chi connectivity index (χ1) is 8.57. The lowest BCUT2D eigenvalue weighted by atomic mass is 10.2. The van der Waals surface area contributed by atoms with Gasteiger partial charge in [0.15, 0.2) is 0 Å². The van der Waals surface area contributed by atoms with Crippen molar-refractivity contribution < 1.29 is 13.2 Å². The first kappa shape index (κ1) is 15.0. The van der Waals surface area contributed by atoms with Gasteiger partial charge in [0.25, 0.3) is 0 Å². The molecule has 0 amide bonds. The maximum absolute atomic E-state index is 11.3. The van der Waals surface area contributed by atoms with E-state index in [1.807, 2.05) is 24.3 Å². The van der Waals surface area contributed by atoms with Crippen LogP contribution in [0.3, 0.4) is 0 Å². The molecule has 0 bridgehead atoms. The average Bonchev–Trinajstić information content (AvgIpc) is 2.36. The molecule has 1 N–H and O–H groups in total. The molecule has 1 aromatic carbocycles. The van der Waals surface area contributed by atoms with Crippen LogP contribution in [0.5, 0.6) is 0 Å². The zero-order valence-corrected chi connectivity index (χ0v) is 11.8. The number of benzene rings is 1. The second kappa shape index (κ2) is 7.38. The third-order valence-electron chi connectivity index (χ3n) is 2.64. The van der Waals surface area contributed by atoms with Gasteiger partial charge in [-0.05, 0) is 24.1 Å². The van der Waals surface area contributed by atoms with Crippen molar-refractivity contribution in [1.82, 2.24) is 0 Å². The lowest BCUT2D eigenvalue weighted by Crippen LogP contribution is -2.12. The lowest BCUT2D eigenvalue weighted by Gasteiger charge is -2.08. The SMILES string of the molecule is CCS(=O)(=O)CCCNc1cccc(COC)c1. The molecule has 0 heterocycles. The van der Waals surface area contributed by atoms with E-state index < -0.39 is 9.84 Å². The van der Waals surface area contributed by atoms with Gasteiger partial charge in [-0.2, -0.15) is 0 Å². The minimum absolute atomic E-state index is 0.219. The Morgan fingerprint density at radius 2 is 2.11 bits per heavy atom. The quantitative estimate of drug-likeness (QED) is 0.735. The van der Waals surface area contributed by atoms with E-state index in [1.165, 1.54) is 0 Å². The maximum atomic E-state index is 11.3. The molecule has 0 fully saturated rings. The number of anilines is 1. The molecule has 102 valence electrons. The van der Waals surface area contributed by atoms with Crippen LogP contribution in [0, 0.1) is 0 Å². The van der Waals surface area contributed by atoms with Crippen molar-refractivity contribution in [3.63, 3.8) is 0 Å². The van der Waals surface area contributed by atoms with Gasteiger partial charge in [0.05, 0.1) is 12.4 Å². The molecule has 4 nitrogen and oxygen atoms in total. The van der Waals surface area contributed by atoms with Crippen molar-refractivity contribution in [3.05, 3.63) is 29.8 Å². The number of nitrogens with one attached hydrogen (secondary N) is 1. The van der Waals surface area contributed by atoms with Crippen LogP contribution in [-0.4, -0.2) is 33.6 Å². The van der Waals surface area contributed by atoms with Crippen molar-refractivity contribution in [1.29, 1.82) is 0 Å². The fraction of sp³-hybridized carbons (Fsp3) is 0.538. The molecule has 0 aliphatic heterocycles. The van der Waals surface area contributed by atoms with Crippen LogP contribution in [0.1, 0.15) is 18.9 Å².